The smallest absolute Gasteiger partial charge is 0.146 e. The Kier molecular flexibility index (Phi) is 4.55. The molecule has 1 aliphatic rings. The summed E-state index contributed by atoms with van der Waals surface area (Å²) in [5, 5.41) is 9.56. The maximum absolute atomic E-state index is 11.4. The number of hydrogen-bond donors (Lipinski definition) is 1. The Morgan fingerprint density at radius 2 is 2.29 bits per heavy atom. The number of Topliss-reactive ketones (excluding diaryl/α,β-unsaturated/α-hetero) is 1. The van der Waals surface area contributed by atoms with Crippen molar-refractivity contribution >= 4 is 5.78 Å². The number of aliphatic hydroxyl groups is 1. The largest absolute Gasteiger partial charge is 0.392 e. The van der Waals surface area contributed by atoms with Crippen molar-refractivity contribution in [1.82, 2.24) is 4.90 Å². The molecule has 1 fully saturated rings. The number of aliphatic hydroxyl groups excluding tert-OH is 1. The molecule has 2 unspecified atom stereocenters. The van der Waals surface area contributed by atoms with Crippen molar-refractivity contribution in [3.05, 3.63) is 0 Å². The number of nitrogens with zero attached hydrogens (tertiary/aromatic N) is 1. The third kappa shape index (κ3) is 3.07. The Morgan fingerprint density at radius 1 is 1.57 bits per heavy atom. The number of carbonyl (C=O) groups excluding carboxylic acids is 1. The van der Waals surface area contributed by atoms with Gasteiger partial charge in [-0.15, -0.1) is 0 Å². The van der Waals surface area contributed by atoms with Crippen LogP contribution in [0.25, 0.3) is 0 Å². The summed E-state index contributed by atoms with van der Waals surface area (Å²) < 4.78 is 0. The van der Waals surface area contributed by atoms with Gasteiger partial charge in [0, 0.05) is 6.54 Å². The van der Waals surface area contributed by atoms with Crippen molar-refractivity contribution in [2.45, 2.75) is 51.7 Å². The van der Waals surface area contributed by atoms with Crippen molar-refractivity contribution in [2.24, 2.45) is 0 Å². The van der Waals surface area contributed by atoms with Crippen LogP contribution in [0.3, 0.4) is 0 Å². The van der Waals surface area contributed by atoms with Gasteiger partial charge in [0.2, 0.25) is 0 Å². The average Bonchev–Trinajstić information content (AvgIpc) is 2.18. The lowest BCUT2D eigenvalue weighted by Crippen LogP contribution is -2.46. The van der Waals surface area contributed by atoms with Gasteiger partial charge in [0.15, 0.2) is 0 Å². The molecule has 0 saturated carbocycles. The van der Waals surface area contributed by atoms with Gasteiger partial charge in [0.25, 0.3) is 0 Å². The Morgan fingerprint density at radius 3 is 2.86 bits per heavy atom. The number of β-amino-alcohol motifs (C(OH)–C–C–N with tert-alkyl or cyclic N) is 1. The third-order valence-corrected chi connectivity index (χ3v) is 3.00. The molecule has 0 aromatic carbocycles. The summed E-state index contributed by atoms with van der Waals surface area (Å²) in [5.74, 6) is 0.244. The van der Waals surface area contributed by atoms with E-state index in [4.69, 9.17) is 0 Å². The highest BCUT2D eigenvalue weighted by molar-refractivity contribution is 5.81. The van der Waals surface area contributed by atoms with E-state index < -0.39 is 0 Å². The van der Waals surface area contributed by atoms with Gasteiger partial charge >= 0.3 is 0 Å². The number of ketones is 1. The quantitative estimate of drug-likeness (QED) is 0.739. The van der Waals surface area contributed by atoms with Gasteiger partial charge < -0.3 is 5.11 Å². The van der Waals surface area contributed by atoms with Gasteiger partial charge in [0.05, 0.1) is 12.1 Å². The van der Waals surface area contributed by atoms with Gasteiger partial charge in [-0.3, -0.25) is 9.69 Å². The van der Waals surface area contributed by atoms with Crippen molar-refractivity contribution < 1.29 is 9.90 Å². The molecule has 2 atom stereocenters. The monoisotopic (exact) mass is 199 g/mol. The van der Waals surface area contributed by atoms with Gasteiger partial charge in [-0.25, -0.2) is 0 Å². The van der Waals surface area contributed by atoms with Crippen LogP contribution in [0.2, 0.25) is 0 Å². The minimum Gasteiger partial charge on any atom is -0.392 e. The van der Waals surface area contributed by atoms with Crippen LogP contribution in [-0.2, 0) is 4.79 Å². The molecule has 0 aromatic rings. The zero-order valence-corrected chi connectivity index (χ0v) is 9.20. The summed E-state index contributed by atoms with van der Waals surface area (Å²) in [6.45, 7) is 5.24. The molecule has 14 heavy (non-hydrogen) atoms. The van der Waals surface area contributed by atoms with E-state index in [1.807, 2.05) is 6.92 Å². The first-order valence-corrected chi connectivity index (χ1v) is 5.57. The summed E-state index contributed by atoms with van der Waals surface area (Å²) in [7, 11) is 0. The molecule has 1 rings (SSSR count). The average molecular weight is 199 g/mol. The van der Waals surface area contributed by atoms with E-state index in [1.54, 1.807) is 6.92 Å². The first-order chi connectivity index (χ1) is 6.65. The van der Waals surface area contributed by atoms with Crippen molar-refractivity contribution in [2.75, 3.05) is 13.1 Å². The first-order valence-electron chi connectivity index (χ1n) is 5.57. The Labute approximate surface area is 86.1 Å². The summed E-state index contributed by atoms with van der Waals surface area (Å²) in [6.07, 6.45) is 3.74. The summed E-state index contributed by atoms with van der Waals surface area (Å²) in [5.41, 5.74) is 0. The van der Waals surface area contributed by atoms with E-state index >= 15 is 0 Å². The Balaban J connectivity index is 2.49. The molecule has 82 valence electrons. The van der Waals surface area contributed by atoms with E-state index in [1.165, 1.54) is 0 Å². The van der Waals surface area contributed by atoms with Crippen LogP contribution in [0.4, 0.5) is 0 Å². The second kappa shape index (κ2) is 5.47. The number of hydrogen-bond acceptors (Lipinski definition) is 3. The zero-order chi connectivity index (χ0) is 10.6. The molecule has 1 heterocycles. The van der Waals surface area contributed by atoms with Gasteiger partial charge in [0.1, 0.15) is 5.78 Å². The van der Waals surface area contributed by atoms with Crippen molar-refractivity contribution in [3.8, 4) is 0 Å². The highest BCUT2D eigenvalue weighted by atomic mass is 16.3. The lowest BCUT2D eigenvalue weighted by molar-refractivity contribution is -0.123. The van der Waals surface area contributed by atoms with E-state index in [2.05, 4.69) is 4.90 Å². The van der Waals surface area contributed by atoms with Crippen LogP contribution in [0.5, 0.6) is 0 Å². The van der Waals surface area contributed by atoms with E-state index in [-0.39, 0.29) is 17.9 Å². The molecule has 1 N–H and O–H groups in total. The molecule has 0 aromatic heterocycles. The van der Waals surface area contributed by atoms with Crippen LogP contribution >= 0.6 is 0 Å². The van der Waals surface area contributed by atoms with Gasteiger partial charge in [-0.05, 0) is 32.7 Å². The van der Waals surface area contributed by atoms with Gasteiger partial charge in [-0.1, -0.05) is 13.3 Å². The molecule has 0 aliphatic carbocycles. The van der Waals surface area contributed by atoms with Crippen LogP contribution in [0, 0.1) is 0 Å². The maximum atomic E-state index is 11.4. The van der Waals surface area contributed by atoms with Crippen molar-refractivity contribution in [3.63, 3.8) is 0 Å². The molecule has 0 spiro atoms. The molecule has 0 radical (unpaired) electrons. The van der Waals surface area contributed by atoms with E-state index in [0.717, 1.165) is 32.2 Å². The third-order valence-electron chi connectivity index (χ3n) is 3.00. The summed E-state index contributed by atoms with van der Waals surface area (Å²) >= 11 is 0. The fraction of sp³-hybridized carbons (Fsp3) is 0.909. The Hall–Kier alpha value is -0.410. The summed E-state index contributed by atoms with van der Waals surface area (Å²) in [4.78, 5) is 13.5. The molecule has 3 heteroatoms. The molecule has 0 amide bonds. The minimum absolute atomic E-state index is 0.0601. The zero-order valence-electron chi connectivity index (χ0n) is 9.20. The lowest BCUT2D eigenvalue weighted by atomic mass is 9.98. The molecule has 0 bridgehead atoms. The predicted molar refractivity (Wildman–Crippen MR) is 56.2 cm³/mol. The van der Waals surface area contributed by atoms with E-state index in [0.29, 0.717) is 6.54 Å². The number of piperidine rings is 1. The fourth-order valence-electron chi connectivity index (χ4n) is 2.07. The van der Waals surface area contributed by atoms with E-state index in [9.17, 15) is 9.90 Å². The highest BCUT2D eigenvalue weighted by Gasteiger charge is 2.26. The number of rotatable bonds is 4. The second-order valence-electron chi connectivity index (χ2n) is 4.18. The highest BCUT2D eigenvalue weighted by Crippen LogP contribution is 2.18. The van der Waals surface area contributed by atoms with Crippen LogP contribution in [0.15, 0.2) is 0 Å². The summed E-state index contributed by atoms with van der Waals surface area (Å²) in [6, 6.07) is 0.0601. The van der Waals surface area contributed by atoms with Crippen molar-refractivity contribution in [1.29, 1.82) is 0 Å². The maximum Gasteiger partial charge on any atom is 0.146 e. The fourth-order valence-corrected chi connectivity index (χ4v) is 2.07. The number of likely N-dealkylation sites (tertiary alicyclic amines) is 1. The number of carbonyl (C=O) groups is 1. The lowest BCUT2D eigenvalue weighted by Gasteiger charge is -2.35. The standard InChI is InChI=1S/C11H21NO2/c1-3-10(14)8-12-7-5-4-6-11(12)9(2)13/h10-11,14H,3-8H2,1-2H3. The van der Waals surface area contributed by atoms with Crippen LogP contribution < -0.4 is 0 Å². The molecular weight excluding hydrogens is 178 g/mol. The molecule has 1 aliphatic heterocycles. The SMILES string of the molecule is CCC(O)CN1CCCCC1C(C)=O. The van der Waals surface area contributed by atoms with Gasteiger partial charge in [-0.2, -0.15) is 0 Å². The second-order valence-corrected chi connectivity index (χ2v) is 4.18. The first kappa shape index (κ1) is 11.7. The Bertz CT molecular complexity index is 194. The van der Waals surface area contributed by atoms with Crippen LogP contribution in [-0.4, -0.2) is 41.0 Å². The predicted octanol–water partition coefficient (Wildman–Crippen LogP) is 1.20. The topological polar surface area (TPSA) is 40.5 Å². The minimum atomic E-state index is -0.282. The molecule has 3 nitrogen and oxygen atoms in total. The molecule has 1 saturated heterocycles. The molecular formula is C11H21NO2. The van der Waals surface area contributed by atoms with Crippen LogP contribution in [0.1, 0.15) is 39.5 Å². The normalized spacial score (nSPS) is 26.1.